The number of esters is 1. The second-order valence-electron chi connectivity index (χ2n) is 7.99. The molecule has 1 N–H and O–H groups in total. The molecule has 1 aliphatic rings. The Bertz CT molecular complexity index is 680. The molecule has 0 unspecified atom stereocenters. The topological polar surface area (TPSA) is 73.9 Å². The van der Waals surface area contributed by atoms with Gasteiger partial charge in [-0.1, -0.05) is 40.0 Å². The molecule has 0 aromatic heterocycles. The molecule has 1 aromatic rings. The highest BCUT2D eigenvalue weighted by Gasteiger charge is 2.40. The predicted molar refractivity (Wildman–Crippen MR) is 113 cm³/mol. The van der Waals surface area contributed by atoms with E-state index in [9.17, 15) is 9.59 Å². The maximum absolute atomic E-state index is 13.1. The lowest BCUT2D eigenvalue weighted by molar-refractivity contribution is -0.146. The molecule has 1 fully saturated rings. The minimum Gasteiger partial charge on any atom is -0.492 e. The second-order valence-corrected chi connectivity index (χ2v) is 7.99. The van der Waals surface area contributed by atoms with Crippen molar-refractivity contribution in [3.63, 3.8) is 0 Å². The number of carbonyl (C=O) groups excluding carboxylic acids is 2. The molecule has 0 bridgehead atoms. The molecule has 6 nitrogen and oxygen atoms in total. The number of rotatable bonds is 10. The first-order valence-electron chi connectivity index (χ1n) is 10.8. The number of nitrogens with one attached hydrogen (secondary N) is 1. The van der Waals surface area contributed by atoms with E-state index >= 15 is 0 Å². The molecule has 2 rings (SSSR count). The summed E-state index contributed by atoms with van der Waals surface area (Å²) >= 11 is 0. The number of hydrogen-bond donors (Lipinski definition) is 1. The first-order chi connectivity index (χ1) is 13.9. The maximum Gasteiger partial charge on any atom is 0.341 e. The maximum atomic E-state index is 13.1. The summed E-state index contributed by atoms with van der Waals surface area (Å²) < 4.78 is 17.0. The average Bonchev–Trinajstić information content (AvgIpc) is 2.72. The Balaban J connectivity index is 2.22. The molecule has 1 saturated carbocycles. The van der Waals surface area contributed by atoms with E-state index in [0.717, 1.165) is 38.5 Å². The van der Waals surface area contributed by atoms with Crippen LogP contribution in [0.4, 0.5) is 5.69 Å². The zero-order chi connectivity index (χ0) is 21.3. The highest BCUT2D eigenvalue weighted by atomic mass is 16.5. The number of benzene rings is 1. The van der Waals surface area contributed by atoms with Gasteiger partial charge in [0.25, 0.3) is 5.91 Å². The zero-order valence-corrected chi connectivity index (χ0v) is 18.2. The number of hydrogen-bond acceptors (Lipinski definition) is 5. The Morgan fingerprint density at radius 1 is 1.14 bits per heavy atom. The van der Waals surface area contributed by atoms with Gasteiger partial charge in [0.2, 0.25) is 0 Å². The van der Waals surface area contributed by atoms with Crippen molar-refractivity contribution in [3.8, 4) is 5.75 Å². The molecule has 1 aromatic carbocycles. The Morgan fingerprint density at radius 2 is 1.86 bits per heavy atom. The summed E-state index contributed by atoms with van der Waals surface area (Å²) in [4.78, 5) is 25.5. The largest absolute Gasteiger partial charge is 0.492 e. The van der Waals surface area contributed by atoms with Crippen molar-refractivity contribution in [2.45, 2.75) is 71.8 Å². The van der Waals surface area contributed by atoms with Gasteiger partial charge in [-0.2, -0.15) is 0 Å². The predicted octanol–water partition coefficient (Wildman–Crippen LogP) is 4.97. The van der Waals surface area contributed by atoms with Crippen LogP contribution < -0.4 is 10.1 Å². The van der Waals surface area contributed by atoms with Crippen LogP contribution in [0.3, 0.4) is 0 Å². The van der Waals surface area contributed by atoms with Crippen LogP contribution in [0.15, 0.2) is 18.2 Å². The molecule has 1 aliphatic carbocycles. The fourth-order valence-electron chi connectivity index (χ4n) is 3.46. The zero-order valence-electron chi connectivity index (χ0n) is 18.2. The minimum absolute atomic E-state index is 0.142. The Kier molecular flexibility index (Phi) is 8.96. The Morgan fingerprint density at radius 3 is 2.48 bits per heavy atom. The second kappa shape index (κ2) is 11.2. The van der Waals surface area contributed by atoms with E-state index in [4.69, 9.17) is 14.2 Å². The summed E-state index contributed by atoms with van der Waals surface area (Å²) in [6.45, 7) is 9.20. The lowest BCUT2D eigenvalue weighted by Crippen LogP contribution is -2.47. The van der Waals surface area contributed by atoms with Gasteiger partial charge in [-0.25, -0.2) is 4.79 Å². The van der Waals surface area contributed by atoms with Crippen LogP contribution in [0.1, 0.15) is 76.6 Å². The summed E-state index contributed by atoms with van der Waals surface area (Å²) in [6.07, 6.45) is 5.39. The average molecular weight is 406 g/mol. The van der Waals surface area contributed by atoms with Crippen LogP contribution in [-0.2, 0) is 14.3 Å². The monoisotopic (exact) mass is 405 g/mol. The van der Waals surface area contributed by atoms with E-state index in [1.807, 2.05) is 20.8 Å². The molecule has 0 radical (unpaired) electrons. The standard InChI is InChI=1S/C23H35NO5/c1-5-14-29-23(12-8-7-9-13-23)22(26)24-18-10-11-20(28-16-17(3)4)19(15-18)21(25)27-6-2/h10-11,15,17H,5-9,12-14,16H2,1-4H3,(H,24,26). The SMILES string of the molecule is CCCOC1(C(=O)Nc2ccc(OCC(C)C)c(C(=O)OCC)c2)CCCCC1. The fraction of sp³-hybridized carbons (Fsp3) is 0.652. The van der Waals surface area contributed by atoms with Gasteiger partial charge in [0, 0.05) is 12.3 Å². The normalized spacial score (nSPS) is 15.8. The lowest BCUT2D eigenvalue weighted by Gasteiger charge is -2.35. The van der Waals surface area contributed by atoms with E-state index in [2.05, 4.69) is 5.32 Å². The number of carbonyl (C=O) groups is 2. The summed E-state index contributed by atoms with van der Waals surface area (Å²) in [6, 6.07) is 5.10. The number of ether oxygens (including phenoxy) is 3. The number of anilines is 1. The van der Waals surface area contributed by atoms with Crippen molar-refractivity contribution < 1.29 is 23.8 Å². The molecule has 6 heteroatoms. The third kappa shape index (κ3) is 6.46. The molecule has 0 atom stereocenters. The summed E-state index contributed by atoms with van der Waals surface area (Å²) in [5, 5.41) is 2.96. The fourth-order valence-corrected chi connectivity index (χ4v) is 3.46. The van der Waals surface area contributed by atoms with E-state index in [-0.39, 0.29) is 12.5 Å². The third-order valence-corrected chi connectivity index (χ3v) is 4.96. The van der Waals surface area contributed by atoms with Crippen molar-refractivity contribution in [2.24, 2.45) is 5.92 Å². The molecule has 29 heavy (non-hydrogen) atoms. The highest BCUT2D eigenvalue weighted by molar-refractivity contribution is 5.99. The summed E-state index contributed by atoms with van der Waals surface area (Å²) in [7, 11) is 0. The van der Waals surface area contributed by atoms with Crippen molar-refractivity contribution in [2.75, 3.05) is 25.1 Å². The van der Waals surface area contributed by atoms with Gasteiger partial charge < -0.3 is 19.5 Å². The van der Waals surface area contributed by atoms with Gasteiger partial charge in [-0.15, -0.1) is 0 Å². The first-order valence-corrected chi connectivity index (χ1v) is 10.8. The molecule has 0 spiro atoms. The summed E-state index contributed by atoms with van der Waals surface area (Å²) in [5.41, 5.74) is 0.0722. The number of amides is 1. The van der Waals surface area contributed by atoms with Crippen LogP contribution in [0.25, 0.3) is 0 Å². The Labute approximate surface area is 174 Å². The molecular weight excluding hydrogens is 370 g/mol. The van der Waals surface area contributed by atoms with E-state index < -0.39 is 11.6 Å². The van der Waals surface area contributed by atoms with Gasteiger partial charge in [-0.05, 0) is 50.3 Å². The lowest BCUT2D eigenvalue weighted by atomic mass is 9.83. The van der Waals surface area contributed by atoms with Crippen LogP contribution in [-0.4, -0.2) is 37.3 Å². The van der Waals surface area contributed by atoms with E-state index in [1.54, 1.807) is 25.1 Å². The molecule has 0 saturated heterocycles. The molecule has 162 valence electrons. The van der Waals surface area contributed by atoms with Gasteiger partial charge in [0.15, 0.2) is 0 Å². The molecule has 0 aliphatic heterocycles. The third-order valence-electron chi connectivity index (χ3n) is 4.96. The van der Waals surface area contributed by atoms with Gasteiger partial charge in [0.1, 0.15) is 16.9 Å². The first kappa shape index (κ1) is 23.2. The van der Waals surface area contributed by atoms with Crippen LogP contribution in [0.5, 0.6) is 5.75 Å². The van der Waals surface area contributed by atoms with E-state index in [0.29, 0.717) is 36.1 Å². The van der Waals surface area contributed by atoms with Gasteiger partial charge in [-0.3, -0.25) is 4.79 Å². The minimum atomic E-state index is -0.787. The van der Waals surface area contributed by atoms with Crippen LogP contribution >= 0.6 is 0 Å². The summed E-state index contributed by atoms with van der Waals surface area (Å²) in [5.74, 6) is 0.185. The highest BCUT2D eigenvalue weighted by Crippen LogP contribution is 2.34. The van der Waals surface area contributed by atoms with Crippen LogP contribution in [0.2, 0.25) is 0 Å². The van der Waals surface area contributed by atoms with E-state index in [1.165, 1.54) is 0 Å². The molecule has 1 amide bonds. The van der Waals surface area contributed by atoms with Crippen LogP contribution in [0, 0.1) is 5.92 Å². The van der Waals surface area contributed by atoms with Gasteiger partial charge in [0.05, 0.1) is 13.2 Å². The van der Waals surface area contributed by atoms with Gasteiger partial charge >= 0.3 is 5.97 Å². The quantitative estimate of drug-likeness (QED) is 0.557. The van der Waals surface area contributed by atoms with Crippen molar-refractivity contribution >= 4 is 17.6 Å². The van der Waals surface area contributed by atoms with Crippen molar-refractivity contribution in [3.05, 3.63) is 23.8 Å². The van der Waals surface area contributed by atoms with Crippen molar-refractivity contribution in [1.29, 1.82) is 0 Å². The van der Waals surface area contributed by atoms with Crippen molar-refractivity contribution in [1.82, 2.24) is 0 Å². The molecule has 0 heterocycles. The Hall–Kier alpha value is -2.08. The smallest absolute Gasteiger partial charge is 0.341 e. The molecular formula is C23H35NO5.